The van der Waals surface area contributed by atoms with E-state index in [1.165, 1.54) is 12.6 Å². The third-order valence-electron chi connectivity index (χ3n) is 3.70. The smallest absolute Gasteiger partial charge is 0.0533 e. The quantitative estimate of drug-likeness (QED) is 0.657. The molecule has 0 heterocycles. The van der Waals surface area contributed by atoms with Crippen LogP contribution in [0.3, 0.4) is 0 Å². The summed E-state index contributed by atoms with van der Waals surface area (Å²) < 4.78 is 0. The predicted molar refractivity (Wildman–Crippen MR) is 74.3 cm³/mol. The summed E-state index contributed by atoms with van der Waals surface area (Å²) in [5.74, 6) is 0. The van der Waals surface area contributed by atoms with E-state index in [0.717, 1.165) is 0 Å². The Labute approximate surface area is 98.3 Å². The molecule has 0 aromatic carbocycles. The molecule has 0 saturated heterocycles. The lowest BCUT2D eigenvalue weighted by Gasteiger charge is -2.43. The van der Waals surface area contributed by atoms with Gasteiger partial charge in [-0.05, 0) is 24.5 Å². The van der Waals surface area contributed by atoms with Gasteiger partial charge in [0.15, 0.2) is 0 Å². The normalized spacial score (nSPS) is 14.8. The van der Waals surface area contributed by atoms with Crippen molar-refractivity contribution in [3.63, 3.8) is 0 Å². The molecule has 0 amide bonds. The Morgan fingerprint density at radius 1 is 0.933 bits per heavy atom. The summed E-state index contributed by atoms with van der Waals surface area (Å²) in [6, 6.07) is 1.40. The van der Waals surface area contributed by atoms with Gasteiger partial charge >= 0.3 is 0 Å². The zero-order valence-corrected chi connectivity index (χ0v) is 13.4. The van der Waals surface area contributed by atoms with Gasteiger partial charge in [0.2, 0.25) is 0 Å². The molecule has 0 fully saturated rings. The van der Waals surface area contributed by atoms with Crippen LogP contribution >= 0.6 is 0 Å². The highest BCUT2D eigenvalue weighted by atomic mass is 28.3. The molecule has 0 radical (unpaired) electrons. The second-order valence-corrected chi connectivity index (χ2v) is 13.3. The van der Waals surface area contributed by atoms with Crippen LogP contribution in [0.2, 0.25) is 24.2 Å². The molecule has 0 saturated carbocycles. The van der Waals surface area contributed by atoms with Crippen LogP contribution < -0.4 is 0 Å². The number of hydrogen-bond donors (Lipinski definition) is 0. The molecular weight excluding hydrogens is 198 g/mol. The fourth-order valence-electron chi connectivity index (χ4n) is 2.37. The minimum Gasteiger partial charge on any atom is -0.309 e. The number of hydrogen-bond acceptors (Lipinski definition) is 1. The van der Waals surface area contributed by atoms with Crippen molar-refractivity contribution in [3.05, 3.63) is 0 Å². The molecule has 0 unspecified atom stereocenters. The number of nitrogens with zero attached hydrogens (tertiary/aromatic N) is 1. The van der Waals surface area contributed by atoms with Gasteiger partial charge in [0.1, 0.15) is 0 Å². The average molecular weight is 229 g/mol. The molecular formula is C13H31NSi. The lowest BCUT2D eigenvalue weighted by atomic mass is 9.96. The maximum Gasteiger partial charge on any atom is 0.0533 e. The molecule has 0 aliphatic carbocycles. The van der Waals surface area contributed by atoms with E-state index in [1.807, 2.05) is 0 Å². The van der Waals surface area contributed by atoms with Gasteiger partial charge in [0.05, 0.1) is 8.07 Å². The first-order chi connectivity index (χ1) is 6.37. The maximum absolute atomic E-state index is 2.53. The maximum atomic E-state index is 2.53. The first-order valence-corrected chi connectivity index (χ1v) is 9.23. The zero-order chi connectivity index (χ0) is 12.5. The summed E-state index contributed by atoms with van der Waals surface area (Å²) in [6.45, 7) is 18.3. The van der Waals surface area contributed by atoms with Gasteiger partial charge in [0.25, 0.3) is 0 Å². The van der Waals surface area contributed by atoms with Crippen molar-refractivity contribution >= 4 is 8.07 Å². The Kier molecular flexibility index (Phi) is 4.64. The molecule has 0 atom stereocenters. The van der Waals surface area contributed by atoms with Crippen LogP contribution in [0, 0.1) is 5.41 Å². The van der Waals surface area contributed by atoms with Crippen LogP contribution in [0.1, 0.15) is 34.6 Å². The van der Waals surface area contributed by atoms with Crippen LogP contribution in [0.25, 0.3) is 0 Å². The van der Waals surface area contributed by atoms with Gasteiger partial charge in [-0.2, -0.15) is 0 Å². The van der Waals surface area contributed by atoms with E-state index in [9.17, 15) is 0 Å². The first-order valence-electron chi connectivity index (χ1n) is 6.02. The molecule has 0 spiro atoms. The molecule has 0 aromatic heterocycles. The summed E-state index contributed by atoms with van der Waals surface area (Å²) in [7, 11) is 3.21. The van der Waals surface area contributed by atoms with Crippen LogP contribution in [0.4, 0.5) is 0 Å². The lowest BCUT2D eigenvalue weighted by molar-refractivity contribution is 0.259. The number of rotatable bonds is 4. The molecule has 15 heavy (non-hydrogen) atoms. The summed E-state index contributed by atoms with van der Waals surface area (Å²) in [5.41, 5.74) is 0.451. The third-order valence-corrected chi connectivity index (χ3v) is 9.60. The SMILES string of the molecule is CN(C)CC(C)(C)C[Si](C)(C)C(C)(C)C. The van der Waals surface area contributed by atoms with Crippen molar-refractivity contribution in [2.45, 2.75) is 58.8 Å². The fraction of sp³-hybridized carbons (Fsp3) is 1.00. The molecule has 0 N–H and O–H groups in total. The summed E-state index contributed by atoms with van der Waals surface area (Å²) in [4.78, 5) is 2.31. The van der Waals surface area contributed by atoms with Gasteiger partial charge in [-0.25, -0.2) is 0 Å². The Balaban J connectivity index is 4.57. The third kappa shape index (κ3) is 5.16. The minimum absolute atomic E-state index is 0.451. The monoisotopic (exact) mass is 229 g/mol. The van der Waals surface area contributed by atoms with E-state index in [0.29, 0.717) is 10.5 Å². The van der Waals surface area contributed by atoms with Crippen LogP contribution in [0.5, 0.6) is 0 Å². The molecule has 0 aliphatic rings. The van der Waals surface area contributed by atoms with Crippen LogP contribution in [-0.2, 0) is 0 Å². The van der Waals surface area contributed by atoms with Gasteiger partial charge in [-0.15, -0.1) is 0 Å². The summed E-state index contributed by atoms with van der Waals surface area (Å²) in [5, 5.41) is 0.510. The van der Waals surface area contributed by atoms with Crippen molar-refractivity contribution in [2.24, 2.45) is 5.41 Å². The molecule has 2 heteroatoms. The van der Waals surface area contributed by atoms with E-state index < -0.39 is 8.07 Å². The van der Waals surface area contributed by atoms with E-state index >= 15 is 0 Å². The van der Waals surface area contributed by atoms with Crippen molar-refractivity contribution in [3.8, 4) is 0 Å². The highest BCUT2D eigenvalue weighted by molar-refractivity contribution is 6.80. The Bertz CT molecular complexity index is 199. The second-order valence-electron chi connectivity index (χ2n) is 7.71. The van der Waals surface area contributed by atoms with E-state index in [4.69, 9.17) is 0 Å². The lowest BCUT2D eigenvalue weighted by Crippen LogP contribution is -2.43. The molecule has 0 bridgehead atoms. The van der Waals surface area contributed by atoms with Gasteiger partial charge in [0, 0.05) is 6.54 Å². The molecule has 0 aliphatic heterocycles. The molecule has 0 rings (SSSR count). The summed E-state index contributed by atoms with van der Waals surface area (Å²) in [6.07, 6.45) is 0. The van der Waals surface area contributed by atoms with Crippen molar-refractivity contribution in [1.82, 2.24) is 4.90 Å². The van der Waals surface area contributed by atoms with Crippen molar-refractivity contribution < 1.29 is 0 Å². The van der Waals surface area contributed by atoms with Gasteiger partial charge in [-0.1, -0.05) is 53.8 Å². The Morgan fingerprint density at radius 2 is 1.33 bits per heavy atom. The van der Waals surface area contributed by atoms with Crippen LogP contribution in [-0.4, -0.2) is 33.6 Å². The Hall–Kier alpha value is 0.177. The average Bonchev–Trinajstić information content (AvgIpc) is 1.75. The topological polar surface area (TPSA) is 3.24 Å². The second kappa shape index (κ2) is 4.58. The van der Waals surface area contributed by atoms with Gasteiger partial charge in [-0.3, -0.25) is 0 Å². The molecule has 1 nitrogen and oxygen atoms in total. The highest BCUT2D eigenvalue weighted by Crippen LogP contribution is 2.43. The molecule has 92 valence electrons. The molecule has 0 aromatic rings. The Morgan fingerprint density at radius 3 is 1.60 bits per heavy atom. The first kappa shape index (κ1) is 15.2. The van der Waals surface area contributed by atoms with E-state index in [-0.39, 0.29) is 0 Å². The standard InChI is InChI=1S/C13H31NSi/c1-12(2,3)15(8,9)11-13(4,5)10-14(6)7/h10-11H2,1-9H3. The minimum atomic E-state index is -1.13. The van der Waals surface area contributed by atoms with E-state index in [1.54, 1.807) is 0 Å². The van der Waals surface area contributed by atoms with Gasteiger partial charge < -0.3 is 4.90 Å². The van der Waals surface area contributed by atoms with Crippen molar-refractivity contribution in [1.29, 1.82) is 0 Å². The summed E-state index contributed by atoms with van der Waals surface area (Å²) >= 11 is 0. The largest absolute Gasteiger partial charge is 0.309 e. The fourth-order valence-corrected chi connectivity index (χ4v) is 5.41. The zero-order valence-electron chi connectivity index (χ0n) is 12.4. The van der Waals surface area contributed by atoms with Crippen molar-refractivity contribution in [2.75, 3.05) is 20.6 Å². The highest BCUT2D eigenvalue weighted by Gasteiger charge is 2.39. The van der Waals surface area contributed by atoms with E-state index in [2.05, 4.69) is 66.7 Å². The van der Waals surface area contributed by atoms with Crippen LogP contribution in [0.15, 0.2) is 0 Å². The predicted octanol–water partition coefficient (Wildman–Crippen LogP) is 4.08.